The first-order chi connectivity index (χ1) is 16.2. The Kier molecular flexibility index (Phi) is 6.20. The number of carbonyl (C=O) groups is 3. The van der Waals surface area contributed by atoms with Crippen molar-refractivity contribution in [3.63, 3.8) is 0 Å². The zero-order valence-corrected chi connectivity index (χ0v) is 19.6. The van der Waals surface area contributed by atoms with Crippen LogP contribution in [0.1, 0.15) is 18.5 Å². The number of amides is 2. The molecule has 1 unspecified atom stereocenters. The first kappa shape index (κ1) is 23.2. The van der Waals surface area contributed by atoms with Gasteiger partial charge in [0.1, 0.15) is 18.8 Å². The molecule has 0 saturated carbocycles. The fourth-order valence-corrected chi connectivity index (χ4v) is 4.64. The highest BCUT2D eigenvalue weighted by atomic mass is 32.1. The van der Waals surface area contributed by atoms with Crippen LogP contribution in [0.4, 0.5) is 10.8 Å². The van der Waals surface area contributed by atoms with Crippen LogP contribution in [0.5, 0.6) is 0 Å². The van der Waals surface area contributed by atoms with E-state index in [4.69, 9.17) is 10.6 Å². The predicted octanol–water partition coefficient (Wildman–Crippen LogP) is -0.128. The smallest absolute Gasteiger partial charge is 0.359 e. The second-order valence-corrected chi connectivity index (χ2v) is 8.81. The molecule has 1 saturated heterocycles. The summed E-state index contributed by atoms with van der Waals surface area (Å²) in [7, 11) is 5.10. The summed E-state index contributed by atoms with van der Waals surface area (Å²) in [4.78, 5) is 49.9. The quantitative estimate of drug-likeness (QED) is 0.212. The van der Waals surface area contributed by atoms with Crippen molar-refractivity contribution in [1.29, 1.82) is 0 Å². The molecule has 4 rings (SSSR count). The van der Waals surface area contributed by atoms with E-state index in [1.165, 1.54) is 12.0 Å². The molecule has 2 aliphatic rings. The summed E-state index contributed by atoms with van der Waals surface area (Å²) in [5, 5.41) is 18.1. The van der Waals surface area contributed by atoms with Crippen LogP contribution in [0.2, 0.25) is 0 Å². The summed E-state index contributed by atoms with van der Waals surface area (Å²) in [6.45, 7) is 0. The van der Waals surface area contributed by atoms with Gasteiger partial charge in [0, 0.05) is 43.7 Å². The molecular formula is C21H24N7O5S+. The Bertz CT molecular complexity index is 1200. The fraction of sp³-hybridized carbons (Fsp3) is 0.333. The predicted molar refractivity (Wildman–Crippen MR) is 124 cm³/mol. The minimum atomic E-state index is -1.21. The van der Waals surface area contributed by atoms with Crippen molar-refractivity contribution in [2.75, 3.05) is 31.8 Å². The zero-order chi connectivity index (χ0) is 24.6. The number of β-lactam (4-membered cyclic amide) rings is 1. The van der Waals surface area contributed by atoms with E-state index in [1.807, 2.05) is 31.1 Å². The molecule has 1 fully saturated rings. The van der Waals surface area contributed by atoms with Crippen LogP contribution in [0.15, 0.2) is 40.8 Å². The number of pyridine rings is 1. The number of rotatable bonds is 7. The number of aromatic nitrogens is 2. The number of aliphatic carboxylic acids is 1. The third kappa shape index (κ3) is 4.05. The van der Waals surface area contributed by atoms with Crippen LogP contribution < -0.4 is 20.5 Å². The Labute approximate surface area is 198 Å². The minimum Gasteiger partial charge on any atom is -0.476 e. The molecule has 4 heterocycles. The Balaban J connectivity index is 1.57. The third-order valence-electron chi connectivity index (χ3n) is 5.70. The van der Waals surface area contributed by atoms with Crippen LogP contribution in [0.25, 0.3) is 5.70 Å². The number of fused-ring (bicyclic) bond motifs is 1. The molecule has 2 aromatic rings. The van der Waals surface area contributed by atoms with Gasteiger partial charge in [-0.05, 0) is 6.42 Å². The van der Waals surface area contributed by atoms with Crippen molar-refractivity contribution in [2.45, 2.75) is 24.9 Å². The highest BCUT2D eigenvalue weighted by molar-refractivity contribution is 7.13. The average Bonchev–Trinajstić information content (AvgIpc) is 3.25. The maximum atomic E-state index is 13.0. The number of thiazole rings is 1. The summed E-state index contributed by atoms with van der Waals surface area (Å²) >= 11 is 1.14. The number of allylic oxidation sites excluding steroid dienone is 1. The molecule has 0 bridgehead atoms. The van der Waals surface area contributed by atoms with Crippen molar-refractivity contribution >= 4 is 51.3 Å². The Morgan fingerprint density at radius 3 is 2.65 bits per heavy atom. The third-order valence-corrected chi connectivity index (χ3v) is 6.38. The van der Waals surface area contributed by atoms with E-state index in [-0.39, 0.29) is 22.2 Å². The molecule has 12 nitrogen and oxygen atoms in total. The number of oxime groups is 1. The van der Waals surface area contributed by atoms with E-state index in [1.54, 1.807) is 22.3 Å². The summed E-state index contributed by atoms with van der Waals surface area (Å²) in [6, 6.07) is 2.35. The van der Waals surface area contributed by atoms with Gasteiger partial charge in [0.05, 0.1) is 6.04 Å². The van der Waals surface area contributed by atoms with E-state index in [2.05, 4.69) is 15.5 Å². The fourth-order valence-electron chi connectivity index (χ4n) is 4.09. The number of nitrogens with two attached hydrogens (primary N) is 1. The van der Waals surface area contributed by atoms with Gasteiger partial charge >= 0.3 is 5.97 Å². The largest absolute Gasteiger partial charge is 0.476 e. The average molecular weight is 487 g/mol. The van der Waals surface area contributed by atoms with Gasteiger partial charge in [0.25, 0.3) is 11.8 Å². The van der Waals surface area contributed by atoms with E-state index in [0.29, 0.717) is 18.5 Å². The van der Waals surface area contributed by atoms with Crippen molar-refractivity contribution in [3.8, 4) is 0 Å². The Hall–Kier alpha value is -4.00. The summed E-state index contributed by atoms with van der Waals surface area (Å²) in [5.41, 5.74) is 7.12. The zero-order valence-electron chi connectivity index (χ0n) is 18.8. The maximum Gasteiger partial charge on any atom is 0.359 e. The molecular weight excluding hydrogens is 462 g/mol. The summed E-state index contributed by atoms with van der Waals surface area (Å²) < 4.78 is 1.71. The molecule has 2 aliphatic heterocycles. The minimum absolute atomic E-state index is 0.0904. The molecule has 0 aromatic carbocycles. The highest BCUT2D eigenvalue weighted by Gasteiger charge is 2.55. The number of nitrogen functional groups attached to an aromatic ring is 1. The van der Waals surface area contributed by atoms with E-state index < -0.39 is 29.9 Å². The van der Waals surface area contributed by atoms with E-state index in [0.717, 1.165) is 17.0 Å². The first-order valence-electron chi connectivity index (χ1n) is 10.3. The number of anilines is 2. The molecule has 178 valence electrons. The van der Waals surface area contributed by atoms with Gasteiger partial charge in [-0.2, -0.15) is 4.57 Å². The number of nitrogens with one attached hydrogen (secondary N) is 1. The lowest BCUT2D eigenvalue weighted by Crippen LogP contribution is -2.72. The number of carbonyl (C=O) groups excluding carboxylic acids is 2. The molecule has 2 aromatic heterocycles. The topological polar surface area (TPSA) is 154 Å². The summed E-state index contributed by atoms with van der Waals surface area (Å²) in [5.74, 6) is -2.37. The van der Waals surface area contributed by atoms with E-state index in [9.17, 15) is 19.5 Å². The van der Waals surface area contributed by atoms with Gasteiger partial charge in [-0.25, -0.2) is 9.78 Å². The SMILES string of the molecule is CO/N=C(\C(=O)N[C@H]1C(=O)N2C(C(=O)O)=C([n+]3ccc(N(C)C)cc3)CCC12)c1csc(N)n1. The second kappa shape index (κ2) is 9.09. The maximum absolute atomic E-state index is 13.0. The van der Waals surface area contributed by atoms with Crippen molar-refractivity contribution in [3.05, 3.63) is 41.3 Å². The van der Waals surface area contributed by atoms with Gasteiger partial charge in [0.2, 0.25) is 5.70 Å². The molecule has 0 aliphatic carbocycles. The second-order valence-electron chi connectivity index (χ2n) is 7.92. The van der Waals surface area contributed by atoms with Crippen LogP contribution in [-0.2, 0) is 19.2 Å². The lowest BCUT2D eigenvalue weighted by Gasteiger charge is -2.48. The van der Waals surface area contributed by atoms with Crippen molar-refractivity contribution in [1.82, 2.24) is 15.2 Å². The van der Waals surface area contributed by atoms with Crippen LogP contribution in [0.3, 0.4) is 0 Å². The van der Waals surface area contributed by atoms with Gasteiger partial charge in [-0.3, -0.25) is 14.5 Å². The molecule has 13 heteroatoms. The van der Waals surface area contributed by atoms with Gasteiger partial charge in [-0.1, -0.05) is 5.16 Å². The Morgan fingerprint density at radius 1 is 1.38 bits per heavy atom. The number of hydrogen-bond donors (Lipinski definition) is 3. The standard InChI is InChI=1S/C21H23N7O5S/c1-26(2)11-6-8-27(9-7-11)14-5-4-13-16(19(30)28(13)17(14)20(31)32)24-18(29)15(25-33-3)12-10-34-21(22)23-12/h6-10,13,16H,4-5H2,1-3H3,(H3-,22,23,24,29,31,32)/p+1/b25-15-/t13?,16-/m1/s1. The number of carboxylic acids is 1. The number of carboxylic acid groups (broad SMARTS) is 1. The molecule has 0 spiro atoms. The van der Waals surface area contributed by atoms with Crippen molar-refractivity contribution in [2.24, 2.45) is 5.16 Å². The van der Waals surface area contributed by atoms with E-state index >= 15 is 0 Å². The van der Waals surface area contributed by atoms with Gasteiger partial charge in [-0.15, -0.1) is 11.3 Å². The number of hydrogen-bond acceptors (Lipinski definition) is 9. The van der Waals surface area contributed by atoms with Crippen LogP contribution in [0, 0.1) is 0 Å². The Morgan fingerprint density at radius 2 is 2.09 bits per heavy atom. The lowest BCUT2D eigenvalue weighted by atomic mass is 9.85. The highest BCUT2D eigenvalue weighted by Crippen LogP contribution is 2.37. The lowest BCUT2D eigenvalue weighted by molar-refractivity contribution is -0.585. The number of nitrogens with zero attached hydrogens (tertiary/aromatic N) is 5. The van der Waals surface area contributed by atoms with Crippen molar-refractivity contribution < 1.29 is 28.9 Å². The summed E-state index contributed by atoms with van der Waals surface area (Å²) in [6.07, 6.45) is 4.43. The molecule has 0 radical (unpaired) electrons. The molecule has 34 heavy (non-hydrogen) atoms. The molecule has 2 atom stereocenters. The van der Waals surface area contributed by atoms with Crippen LogP contribution in [-0.4, -0.2) is 71.8 Å². The van der Waals surface area contributed by atoms with Crippen LogP contribution >= 0.6 is 11.3 Å². The normalized spacial score (nSPS) is 19.9. The molecule has 4 N–H and O–H groups in total. The van der Waals surface area contributed by atoms with Gasteiger partial charge < -0.3 is 25.9 Å². The van der Waals surface area contributed by atoms with Gasteiger partial charge in [0.15, 0.2) is 28.9 Å². The monoisotopic (exact) mass is 486 g/mol. The first-order valence-corrected chi connectivity index (χ1v) is 11.2. The molecule has 2 amide bonds.